The van der Waals surface area contributed by atoms with E-state index in [1.807, 2.05) is 25.1 Å². The van der Waals surface area contributed by atoms with Crippen molar-refractivity contribution in [2.45, 2.75) is 175 Å². The average Bonchev–Trinajstić information content (AvgIpc) is 3.12. The standard InChI is InChI=1S/C45H76N4O2/c1-4-6-8-10-12-14-16-18-20-22-24-26-28-30-32-34-38-46-44(50)48-42-37-36-41(3)43(40-42)49-45(51)47-39-35-33-31-29-27-25-23-21-19-17-15-13-11-9-7-5-2/h12-15,18-21,36-37,40H,4-11,16-17,22-35,38-39H2,1-3H3,(H2,46,48,50)(H2,47,49,51)/b14-12+,15-13+,20-18+,21-19+. The molecule has 6 nitrogen and oxygen atoms in total. The smallest absolute Gasteiger partial charge is 0.319 e. The van der Waals surface area contributed by atoms with Gasteiger partial charge in [-0.2, -0.15) is 0 Å². The minimum atomic E-state index is -0.214. The number of aryl methyl sites for hydroxylation is 1. The number of allylic oxidation sites excluding steroid dienone is 8. The lowest BCUT2D eigenvalue weighted by molar-refractivity contribution is 0.251. The van der Waals surface area contributed by atoms with Gasteiger partial charge in [0, 0.05) is 24.5 Å². The maximum atomic E-state index is 12.5. The first-order valence-corrected chi connectivity index (χ1v) is 20.9. The van der Waals surface area contributed by atoms with E-state index >= 15 is 0 Å². The number of carbonyl (C=O) groups is 2. The minimum absolute atomic E-state index is 0.209. The minimum Gasteiger partial charge on any atom is -0.338 e. The fraction of sp³-hybridized carbons (Fsp3) is 0.644. The second-order valence-electron chi connectivity index (χ2n) is 14.0. The van der Waals surface area contributed by atoms with E-state index in [4.69, 9.17) is 0 Å². The zero-order valence-electron chi connectivity index (χ0n) is 33.1. The molecule has 1 aromatic carbocycles. The summed E-state index contributed by atoms with van der Waals surface area (Å²) in [6.45, 7) is 7.77. The monoisotopic (exact) mass is 705 g/mol. The van der Waals surface area contributed by atoms with Crippen LogP contribution >= 0.6 is 0 Å². The lowest BCUT2D eigenvalue weighted by Gasteiger charge is -2.13. The molecule has 0 aliphatic rings. The van der Waals surface area contributed by atoms with Crippen LogP contribution in [0.15, 0.2) is 66.8 Å². The molecule has 0 saturated heterocycles. The van der Waals surface area contributed by atoms with Crippen LogP contribution in [0.25, 0.3) is 0 Å². The summed E-state index contributed by atoms with van der Waals surface area (Å²) in [6, 6.07) is 5.17. The number of benzene rings is 1. The summed E-state index contributed by atoms with van der Waals surface area (Å²) >= 11 is 0. The van der Waals surface area contributed by atoms with Gasteiger partial charge in [0.05, 0.1) is 0 Å². The van der Waals surface area contributed by atoms with E-state index in [1.165, 1.54) is 116 Å². The Morgan fingerprint density at radius 3 is 1.33 bits per heavy atom. The van der Waals surface area contributed by atoms with Gasteiger partial charge in [-0.05, 0) is 102 Å². The second-order valence-corrected chi connectivity index (χ2v) is 14.0. The predicted octanol–water partition coefficient (Wildman–Crippen LogP) is 13.9. The van der Waals surface area contributed by atoms with Gasteiger partial charge in [0.1, 0.15) is 0 Å². The number of nitrogens with one attached hydrogen (secondary N) is 4. The average molecular weight is 705 g/mol. The molecule has 0 heterocycles. The third-order valence-electron chi connectivity index (χ3n) is 9.07. The highest BCUT2D eigenvalue weighted by Crippen LogP contribution is 2.20. The van der Waals surface area contributed by atoms with Crippen LogP contribution in [0.4, 0.5) is 21.0 Å². The van der Waals surface area contributed by atoms with Crippen molar-refractivity contribution in [2.24, 2.45) is 0 Å². The lowest BCUT2D eigenvalue weighted by Crippen LogP contribution is -2.30. The number of amides is 4. The molecule has 0 atom stereocenters. The molecule has 0 bridgehead atoms. The van der Waals surface area contributed by atoms with Gasteiger partial charge in [0.15, 0.2) is 0 Å². The van der Waals surface area contributed by atoms with Gasteiger partial charge in [0.25, 0.3) is 0 Å². The highest BCUT2D eigenvalue weighted by Gasteiger charge is 2.07. The van der Waals surface area contributed by atoms with Gasteiger partial charge in [-0.15, -0.1) is 0 Å². The number of hydrogen-bond acceptors (Lipinski definition) is 2. The summed E-state index contributed by atoms with van der Waals surface area (Å²) in [4.78, 5) is 24.9. The molecule has 4 amide bonds. The highest BCUT2D eigenvalue weighted by atomic mass is 16.2. The maximum absolute atomic E-state index is 12.5. The highest BCUT2D eigenvalue weighted by molar-refractivity contribution is 5.93. The summed E-state index contributed by atoms with van der Waals surface area (Å²) in [6.07, 6.45) is 47.4. The van der Waals surface area contributed by atoms with Crippen molar-refractivity contribution in [3.05, 3.63) is 72.4 Å². The SMILES string of the molecule is CCCCC/C=C/C/C=C/CCCCCCCCNC(=O)Nc1ccc(C)c(NC(=O)NCCCCCCCC/C=C/C/C=C/CCCCC)c1. The molecule has 6 heteroatoms. The summed E-state index contributed by atoms with van der Waals surface area (Å²) in [5.74, 6) is 0. The molecule has 1 rings (SSSR count). The molecule has 0 unspecified atom stereocenters. The third kappa shape index (κ3) is 30.1. The fourth-order valence-corrected chi connectivity index (χ4v) is 5.81. The Hall–Kier alpha value is -3.28. The van der Waals surface area contributed by atoms with Crippen molar-refractivity contribution >= 4 is 23.4 Å². The van der Waals surface area contributed by atoms with Crippen molar-refractivity contribution in [3.8, 4) is 0 Å². The third-order valence-corrected chi connectivity index (χ3v) is 9.07. The molecular weight excluding hydrogens is 629 g/mol. The van der Waals surface area contributed by atoms with Crippen molar-refractivity contribution in [1.82, 2.24) is 10.6 Å². The number of hydrogen-bond donors (Lipinski definition) is 4. The van der Waals surface area contributed by atoms with Gasteiger partial charge in [0.2, 0.25) is 0 Å². The Bertz CT molecular complexity index is 1110. The van der Waals surface area contributed by atoms with Crippen molar-refractivity contribution < 1.29 is 9.59 Å². The normalized spacial score (nSPS) is 11.7. The summed E-state index contributed by atoms with van der Waals surface area (Å²) in [7, 11) is 0. The van der Waals surface area contributed by atoms with Crippen LogP contribution in [0.2, 0.25) is 0 Å². The van der Waals surface area contributed by atoms with Crippen LogP contribution in [0, 0.1) is 6.92 Å². The largest absolute Gasteiger partial charge is 0.338 e. The Balaban J connectivity index is 2.05. The van der Waals surface area contributed by atoms with E-state index < -0.39 is 0 Å². The first-order valence-electron chi connectivity index (χ1n) is 20.9. The van der Waals surface area contributed by atoms with E-state index in [2.05, 4.69) is 83.7 Å². The lowest BCUT2D eigenvalue weighted by atomic mass is 10.1. The van der Waals surface area contributed by atoms with Gasteiger partial charge >= 0.3 is 12.1 Å². The molecule has 4 N–H and O–H groups in total. The topological polar surface area (TPSA) is 82.3 Å². The van der Waals surface area contributed by atoms with E-state index in [1.54, 1.807) is 0 Å². The number of unbranched alkanes of at least 4 members (excludes halogenated alkanes) is 18. The van der Waals surface area contributed by atoms with E-state index in [9.17, 15) is 9.59 Å². The molecule has 0 spiro atoms. The molecule has 0 aliphatic carbocycles. The second kappa shape index (κ2) is 35.1. The Labute approximate surface area is 313 Å². The van der Waals surface area contributed by atoms with Gasteiger partial charge in [-0.3, -0.25) is 0 Å². The first kappa shape index (κ1) is 45.7. The Kier molecular flexibility index (Phi) is 31.5. The van der Waals surface area contributed by atoms with Crippen molar-refractivity contribution in [3.63, 3.8) is 0 Å². The molecule has 288 valence electrons. The first-order chi connectivity index (χ1) is 25.1. The van der Waals surface area contributed by atoms with E-state index in [0.717, 1.165) is 44.1 Å². The number of rotatable bonds is 32. The van der Waals surface area contributed by atoms with Crippen LogP contribution in [0.1, 0.15) is 174 Å². The van der Waals surface area contributed by atoms with Crippen LogP contribution in [-0.2, 0) is 0 Å². The molecule has 0 saturated carbocycles. The van der Waals surface area contributed by atoms with Gasteiger partial charge < -0.3 is 21.3 Å². The van der Waals surface area contributed by atoms with Crippen LogP contribution in [-0.4, -0.2) is 25.2 Å². The zero-order valence-corrected chi connectivity index (χ0v) is 33.1. The molecule has 0 fully saturated rings. The number of urea groups is 2. The molecule has 0 radical (unpaired) electrons. The quantitative estimate of drug-likeness (QED) is 0.0445. The summed E-state index contributed by atoms with van der Waals surface area (Å²) in [5.41, 5.74) is 2.31. The Morgan fingerprint density at radius 2 is 0.882 bits per heavy atom. The van der Waals surface area contributed by atoms with E-state index in [-0.39, 0.29) is 12.1 Å². The zero-order chi connectivity index (χ0) is 36.9. The van der Waals surface area contributed by atoms with Crippen molar-refractivity contribution in [1.29, 1.82) is 0 Å². The van der Waals surface area contributed by atoms with Crippen LogP contribution in [0.5, 0.6) is 0 Å². The summed E-state index contributed by atoms with van der Waals surface area (Å²) in [5, 5.41) is 11.8. The maximum Gasteiger partial charge on any atom is 0.319 e. The Morgan fingerprint density at radius 1 is 0.490 bits per heavy atom. The van der Waals surface area contributed by atoms with Crippen LogP contribution in [0.3, 0.4) is 0 Å². The van der Waals surface area contributed by atoms with Gasteiger partial charge in [-0.25, -0.2) is 9.59 Å². The molecular formula is C45H76N4O2. The molecule has 1 aromatic rings. The van der Waals surface area contributed by atoms with E-state index in [0.29, 0.717) is 24.5 Å². The fourth-order valence-electron chi connectivity index (χ4n) is 5.81. The molecule has 0 aliphatic heterocycles. The predicted molar refractivity (Wildman–Crippen MR) is 224 cm³/mol. The summed E-state index contributed by atoms with van der Waals surface area (Å²) < 4.78 is 0. The number of anilines is 2. The van der Waals surface area contributed by atoms with Crippen molar-refractivity contribution in [2.75, 3.05) is 23.7 Å². The molecule has 51 heavy (non-hydrogen) atoms. The number of carbonyl (C=O) groups excluding carboxylic acids is 2. The van der Waals surface area contributed by atoms with Crippen LogP contribution < -0.4 is 21.3 Å². The van der Waals surface area contributed by atoms with Gasteiger partial charge in [-0.1, -0.05) is 146 Å². The molecule has 0 aromatic heterocycles.